The highest BCUT2D eigenvalue weighted by atomic mass is 16.4. The highest BCUT2D eigenvalue weighted by Gasteiger charge is 2.45. The van der Waals surface area contributed by atoms with E-state index < -0.39 is 12.0 Å². The van der Waals surface area contributed by atoms with Crippen LogP contribution in [0.3, 0.4) is 0 Å². The maximum absolute atomic E-state index is 11.5. The lowest BCUT2D eigenvalue weighted by Crippen LogP contribution is -2.44. The summed E-state index contributed by atoms with van der Waals surface area (Å²) in [6, 6.07) is -0.944. The molecule has 1 atom stereocenters. The van der Waals surface area contributed by atoms with Gasteiger partial charge in [0.25, 0.3) is 0 Å². The number of rotatable bonds is 6. The normalized spacial score (nSPS) is 19.2. The van der Waals surface area contributed by atoms with E-state index in [-0.39, 0.29) is 17.7 Å². The Balaban J connectivity index is 2.33. The molecule has 5 nitrogen and oxygen atoms in total. The van der Waals surface area contributed by atoms with Gasteiger partial charge >= 0.3 is 5.97 Å². The van der Waals surface area contributed by atoms with E-state index in [9.17, 15) is 9.59 Å². The molecule has 16 heavy (non-hydrogen) atoms. The Hall–Kier alpha value is -1.10. The molecule has 0 bridgehead atoms. The van der Waals surface area contributed by atoms with Crippen LogP contribution in [0.2, 0.25) is 0 Å². The standard InChI is InChI=1S/C11H20N2O3/c1-7(2)11(3-4-11)6-13-10(16)8(12)5-9(14)15/h7-8H,3-6,12H2,1-2H3,(H,13,16)(H,14,15). The number of aliphatic carboxylic acids is 1. The van der Waals surface area contributed by atoms with Crippen LogP contribution in [0.5, 0.6) is 0 Å². The highest BCUT2D eigenvalue weighted by molar-refractivity contribution is 5.85. The summed E-state index contributed by atoms with van der Waals surface area (Å²) in [6.07, 6.45) is 1.93. The maximum atomic E-state index is 11.5. The molecule has 92 valence electrons. The summed E-state index contributed by atoms with van der Waals surface area (Å²) in [7, 11) is 0. The molecule has 0 heterocycles. The van der Waals surface area contributed by atoms with Crippen molar-refractivity contribution in [2.24, 2.45) is 17.1 Å². The predicted octanol–water partition coefficient (Wildman–Crippen LogP) is 0.341. The van der Waals surface area contributed by atoms with Crippen LogP contribution in [-0.2, 0) is 9.59 Å². The van der Waals surface area contributed by atoms with Crippen LogP contribution in [-0.4, -0.2) is 29.6 Å². The molecule has 0 aliphatic heterocycles. The molecule has 1 saturated carbocycles. The molecule has 0 spiro atoms. The Bertz CT molecular complexity index is 285. The Kier molecular flexibility index (Phi) is 3.91. The van der Waals surface area contributed by atoms with Crippen molar-refractivity contribution in [3.63, 3.8) is 0 Å². The summed E-state index contributed by atoms with van der Waals surface area (Å²) in [5, 5.41) is 11.2. The van der Waals surface area contributed by atoms with Gasteiger partial charge in [0, 0.05) is 6.54 Å². The number of hydrogen-bond donors (Lipinski definition) is 3. The third-order valence-corrected chi connectivity index (χ3v) is 3.46. The average molecular weight is 228 g/mol. The summed E-state index contributed by atoms with van der Waals surface area (Å²) in [4.78, 5) is 21.9. The third-order valence-electron chi connectivity index (χ3n) is 3.46. The summed E-state index contributed by atoms with van der Waals surface area (Å²) in [5.41, 5.74) is 5.67. The Labute approximate surface area is 95.4 Å². The zero-order chi connectivity index (χ0) is 12.3. The highest BCUT2D eigenvalue weighted by Crippen LogP contribution is 2.51. The smallest absolute Gasteiger partial charge is 0.305 e. The second-order valence-corrected chi connectivity index (χ2v) is 4.94. The fourth-order valence-electron chi connectivity index (χ4n) is 1.79. The van der Waals surface area contributed by atoms with E-state index >= 15 is 0 Å². The summed E-state index contributed by atoms with van der Waals surface area (Å²) < 4.78 is 0. The average Bonchev–Trinajstić information content (AvgIpc) is 2.93. The van der Waals surface area contributed by atoms with Crippen LogP contribution >= 0.6 is 0 Å². The minimum absolute atomic E-state index is 0.221. The summed E-state index contributed by atoms with van der Waals surface area (Å²) in [6.45, 7) is 4.88. The molecule has 1 rings (SSSR count). The monoisotopic (exact) mass is 228 g/mol. The van der Waals surface area contributed by atoms with Crippen molar-refractivity contribution in [1.82, 2.24) is 5.32 Å². The number of hydrogen-bond acceptors (Lipinski definition) is 3. The fraction of sp³-hybridized carbons (Fsp3) is 0.818. The molecule has 0 aromatic carbocycles. The van der Waals surface area contributed by atoms with Gasteiger partial charge in [0.05, 0.1) is 12.5 Å². The topological polar surface area (TPSA) is 92.4 Å². The fourth-order valence-corrected chi connectivity index (χ4v) is 1.79. The van der Waals surface area contributed by atoms with E-state index in [0.717, 1.165) is 12.8 Å². The molecule has 1 aliphatic rings. The number of amides is 1. The van der Waals surface area contributed by atoms with Crippen LogP contribution in [0.15, 0.2) is 0 Å². The Morgan fingerprint density at radius 1 is 1.44 bits per heavy atom. The molecular weight excluding hydrogens is 208 g/mol. The van der Waals surface area contributed by atoms with E-state index in [4.69, 9.17) is 10.8 Å². The number of carboxylic acid groups (broad SMARTS) is 1. The molecule has 1 fully saturated rings. The zero-order valence-electron chi connectivity index (χ0n) is 9.82. The molecule has 4 N–H and O–H groups in total. The first kappa shape index (κ1) is 13.0. The first-order valence-corrected chi connectivity index (χ1v) is 5.62. The van der Waals surface area contributed by atoms with Crippen LogP contribution in [0.1, 0.15) is 33.1 Å². The molecular formula is C11H20N2O3. The molecule has 0 aromatic rings. The van der Waals surface area contributed by atoms with Gasteiger partial charge in [-0.05, 0) is 24.2 Å². The summed E-state index contributed by atoms with van der Waals surface area (Å²) in [5.74, 6) is -0.884. The van der Waals surface area contributed by atoms with Crippen molar-refractivity contribution in [3.05, 3.63) is 0 Å². The van der Waals surface area contributed by atoms with Gasteiger partial charge in [-0.1, -0.05) is 13.8 Å². The maximum Gasteiger partial charge on any atom is 0.305 e. The number of carboxylic acids is 1. The Morgan fingerprint density at radius 3 is 2.38 bits per heavy atom. The van der Waals surface area contributed by atoms with Gasteiger partial charge < -0.3 is 16.2 Å². The lowest BCUT2D eigenvalue weighted by molar-refractivity contribution is -0.139. The van der Waals surface area contributed by atoms with Crippen molar-refractivity contribution in [3.8, 4) is 0 Å². The number of nitrogens with two attached hydrogens (primary N) is 1. The van der Waals surface area contributed by atoms with E-state index in [2.05, 4.69) is 19.2 Å². The molecule has 0 radical (unpaired) electrons. The van der Waals surface area contributed by atoms with Gasteiger partial charge in [-0.2, -0.15) is 0 Å². The minimum Gasteiger partial charge on any atom is -0.481 e. The van der Waals surface area contributed by atoms with E-state index in [1.54, 1.807) is 0 Å². The largest absolute Gasteiger partial charge is 0.481 e. The second-order valence-electron chi connectivity index (χ2n) is 4.94. The molecule has 1 unspecified atom stereocenters. The minimum atomic E-state index is -1.05. The van der Waals surface area contributed by atoms with Crippen LogP contribution in [0.4, 0.5) is 0 Å². The first-order valence-electron chi connectivity index (χ1n) is 5.62. The van der Waals surface area contributed by atoms with Crippen LogP contribution in [0.25, 0.3) is 0 Å². The Morgan fingerprint density at radius 2 is 2.00 bits per heavy atom. The van der Waals surface area contributed by atoms with Crippen molar-refractivity contribution in [2.75, 3.05) is 6.54 Å². The van der Waals surface area contributed by atoms with E-state index in [0.29, 0.717) is 12.5 Å². The van der Waals surface area contributed by atoms with Gasteiger partial charge in [-0.25, -0.2) is 0 Å². The van der Waals surface area contributed by atoms with Gasteiger partial charge in [0.15, 0.2) is 0 Å². The third kappa shape index (κ3) is 3.20. The zero-order valence-corrected chi connectivity index (χ0v) is 9.82. The SMILES string of the molecule is CC(C)C1(CNC(=O)C(N)CC(=O)O)CC1. The van der Waals surface area contributed by atoms with Crippen molar-refractivity contribution >= 4 is 11.9 Å². The molecule has 0 saturated heterocycles. The second kappa shape index (κ2) is 4.82. The van der Waals surface area contributed by atoms with E-state index in [1.807, 2.05) is 0 Å². The van der Waals surface area contributed by atoms with Gasteiger partial charge in [-0.3, -0.25) is 9.59 Å². The lowest BCUT2D eigenvalue weighted by Gasteiger charge is -2.21. The van der Waals surface area contributed by atoms with Gasteiger partial charge in [0.1, 0.15) is 0 Å². The van der Waals surface area contributed by atoms with E-state index in [1.165, 1.54) is 0 Å². The van der Waals surface area contributed by atoms with Crippen LogP contribution in [0, 0.1) is 11.3 Å². The van der Waals surface area contributed by atoms with Crippen molar-refractivity contribution in [2.45, 2.75) is 39.2 Å². The molecule has 1 amide bonds. The van der Waals surface area contributed by atoms with Crippen molar-refractivity contribution in [1.29, 1.82) is 0 Å². The van der Waals surface area contributed by atoms with Gasteiger partial charge in [-0.15, -0.1) is 0 Å². The van der Waals surface area contributed by atoms with Crippen molar-refractivity contribution < 1.29 is 14.7 Å². The first-order chi connectivity index (χ1) is 7.37. The van der Waals surface area contributed by atoms with Gasteiger partial charge in [0.2, 0.25) is 5.91 Å². The molecule has 5 heteroatoms. The number of carbonyl (C=O) groups is 2. The quantitative estimate of drug-likeness (QED) is 0.611. The predicted molar refractivity (Wildman–Crippen MR) is 59.7 cm³/mol. The lowest BCUT2D eigenvalue weighted by atomic mass is 9.92. The molecule has 0 aromatic heterocycles. The molecule has 1 aliphatic carbocycles. The number of carbonyl (C=O) groups excluding carboxylic acids is 1. The number of nitrogens with one attached hydrogen (secondary N) is 1. The summed E-state index contributed by atoms with van der Waals surface area (Å²) >= 11 is 0. The van der Waals surface area contributed by atoms with Crippen LogP contribution < -0.4 is 11.1 Å².